The minimum Gasteiger partial charge on any atom is -0.379 e. The maximum atomic E-state index is 14.0. The molecule has 0 aliphatic carbocycles. The quantitative estimate of drug-likeness (QED) is 0.187. The lowest BCUT2D eigenvalue weighted by Crippen LogP contribution is -2.47. The van der Waals surface area contributed by atoms with Gasteiger partial charge in [-0.2, -0.15) is 0 Å². The molecule has 2 aliphatic rings. The number of nitrogens with zero attached hydrogens (tertiary/aromatic N) is 3. The Balaban J connectivity index is 0.00000363. The molecular weight excluding hydrogens is 524 g/mol. The van der Waals surface area contributed by atoms with E-state index in [0.717, 1.165) is 103 Å². The highest BCUT2D eigenvalue weighted by Gasteiger charge is 2.19. The number of hydrogen-bond acceptors (Lipinski definition) is 5. The number of halogens is 2. The van der Waals surface area contributed by atoms with Gasteiger partial charge in [0.15, 0.2) is 5.96 Å². The normalized spacial score (nSPS) is 19.6. The number of piperazine rings is 1. The molecule has 3 rings (SSSR count). The molecule has 1 unspecified atom stereocenters. The maximum Gasteiger partial charge on any atom is 0.191 e. The Bertz CT molecular complexity index is 668. The number of nitrogens with one attached hydrogen (secondary N) is 2. The highest BCUT2D eigenvalue weighted by molar-refractivity contribution is 14.0. The van der Waals surface area contributed by atoms with Gasteiger partial charge in [-0.15, -0.1) is 24.0 Å². The fraction of sp³-hybridized carbons (Fsp3) is 0.696. The lowest BCUT2D eigenvalue weighted by Gasteiger charge is -2.36. The van der Waals surface area contributed by atoms with Crippen molar-refractivity contribution >= 4 is 35.6 Å². The van der Waals surface area contributed by atoms with Crippen LogP contribution in [0.1, 0.15) is 26.2 Å². The first-order valence-electron chi connectivity index (χ1n) is 11.7. The van der Waals surface area contributed by atoms with Gasteiger partial charge in [0.2, 0.25) is 0 Å². The van der Waals surface area contributed by atoms with E-state index in [0.29, 0.717) is 0 Å². The van der Waals surface area contributed by atoms with Gasteiger partial charge in [0.1, 0.15) is 5.82 Å². The van der Waals surface area contributed by atoms with Crippen molar-refractivity contribution < 1.29 is 13.9 Å². The molecule has 0 aromatic heterocycles. The van der Waals surface area contributed by atoms with Crippen LogP contribution in [-0.2, 0) is 9.47 Å². The number of rotatable bonds is 11. The van der Waals surface area contributed by atoms with Gasteiger partial charge in [-0.25, -0.2) is 4.39 Å². The van der Waals surface area contributed by atoms with Gasteiger partial charge in [-0.1, -0.05) is 12.1 Å². The molecule has 2 N–H and O–H groups in total. The second kappa shape index (κ2) is 15.6. The predicted molar refractivity (Wildman–Crippen MR) is 139 cm³/mol. The Morgan fingerprint density at radius 1 is 1.19 bits per heavy atom. The molecular formula is C23H39FIN5O2. The Kier molecular flexibility index (Phi) is 13.2. The van der Waals surface area contributed by atoms with Crippen LogP contribution >= 0.6 is 24.0 Å². The molecule has 7 nitrogen and oxygen atoms in total. The van der Waals surface area contributed by atoms with Crippen molar-refractivity contribution in [3.8, 4) is 0 Å². The van der Waals surface area contributed by atoms with Crippen molar-refractivity contribution in [3.63, 3.8) is 0 Å². The lowest BCUT2D eigenvalue weighted by atomic mass is 10.2. The Hall–Kier alpha value is -1.17. The fourth-order valence-corrected chi connectivity index (χ4v) is 3.92. The molecule has 0 saturated carbocycles. The average molecular weight is 564 g/mol. The Morgan fingerprint density at radius 2 is 2.00 bits per heavy atom. The van der Waals surface area contributed by atoms with Crippen LogP contribution in [0, 0.1) is 5.82 Å². The monoisotopic (exact) mass is 563 g/mol. The number of guanidine groups is 1. The molecule has 1 atom stereocenters. The van der Waals surface area contributed by atoms with E-state index in [-0.39, 0.29) is 35.9 Å². The number of ether oxygens (including phenoxy) is 2. The van der Waals surface area contributed by atoms with E-state index >= 15 is 0 Å². The maximum absolute atomic E-state index is 14.0. The molecule has 182 valence electrons. The molecule has 2 aliphatic heterocycles. The summed E-state index contributed by atoms with van der Waals surface area (Å²) in [4.78, 5) is 9.23. The smallest absolute Gasteiger partial charge is 0.191 e. The van der Waals surface area contributed by atoms with E-state index in [4.69, 9.17) is 9.47 Å². The van der Waals surface area contributed by atoms with E-state index in [9.17, 15) is 4.39 Å². The summed E-state index contributed by atoms with van der Waals surface area (Å²) in [5.41, 5.74) is 0.720. The van der Waals surface area contributed by atoms with Crippen LogP contribution in [0.15, 0.2) is 29.3 Å². The first kappa shape index (κ1) is 27.1. The minimum absolute atomic E-state index is 0. The summed E-state index contributed by atoms with van der Waals surface area (Å²) in [6, 6.07) is 7.05. The van der Waals surface area contributed by atoms with Crippen LogP contribution in [0.3, 0.4) is 0 Å². The molecule has 0 bridgehead atoms. The zero-order valence-corrected chi connectivity index (χ0v) is 21.6. The Labute approximate surface area is 209 Å². The van der Waals surface area contributed by atoms with Gasteiger partial charge in [-0.05, 0) is 44.9 Å². The van der Waals surface area contributed by atoms with Gasteiger partial charge in [0.25, 0.3) is 0 Å². The van der Waals surface area contributed by atoms with Gasteiger partial charge in [0, 0.05) is 59.0 Å². The van der Waals surface area contributed by atoms with Gasteiger partial charge in [-0.3, -0.25) is 9.89 Å². The van der Waals surface area contributed by atoms with Crippen LogP contribution in [-0.4, -0.2) is 89.1 Å². The molecule has 2 fully saturated rings. The molecule has 2 saturated heterocycles. The second-order valence-corrected chi connectivity index (χ2v) is 8.03. The number of aliphatic imine (C=N–C) groups is 1. The fourth-order valence-electron chi connectivity index (χ4n) is 3.92. The van der Waals surface area contributed by atoms with Gasteiger partial charge < -0.3 is 25.0 Å². The third kappa shape index (κ3) is 9.36. The summed E-state index contributed by atoms with van der Waals surface area (Å²) in [7, 11) is 0. The highest BCUT2D eigenvalue weighted by Crippen LogP contribution is 2.20. The SMILES string of the molecule is CCNC(=NCCCOC1CCOC1)NCCCN1CCN(c2ccccc2F)CC1.I. The number of anilines is 1. The van der Waals surface area contributed by atoms with Crippen LogP contribution in [0.4, 0.5) is 10.1 Å². The summed E-state index contributed by atoms with van der Waals surface area (Å²) in [5, 5.41) is 6.73. The molecule has 0 spiro atoms. The zero-order chi connectivity index (χ0) is 21.7. The van der Waals surface area contributed by atoms with E-state index in [2.05, 4.69) is 32.3 Å². The van der Waals surface area contributed by atoms with E-state index in [1.807, 2.05) is 12.1 Å². The summed E-state index contributed by atoms with van der Waals surface area (Å²) in [6.07, 6.45) is 3.24. The van der Waals surface area contributed by atoms with E-state index < -0.39 is 0 Å². The van der Waals surface area contributed by atoms with Crippen LogP contribution < -0.4 is 15.5 Å². The lowest BCUT2D eigenvalue weighted by molar-refractivity contribution is 0.0424. The molecule has 2 heterocycles. The molecule has 0 radical (unpaired) electrons. The van der Waals surface area contributed by atoms with E-state index in [1.54, 1.807) is 6.07 Å². The summed E-state index contributed by atoms with van der Waals surface area (Å²) in [5.74, 6) is 0.741. The zero-order valence-electron chi connectivity index (χ0n) is 19.2. The molecule has 9 heteroatoms. The van der Waals surface area contributed by atoms with Crippen molar-refractivity contribution in [2.24, 2.45) is 4.99 Å². The Morgan fingerprint density at radius 3 is 2.72 bits per heavy atom. The van der Waals surface area contributed by atoms with Crippen molar-refractivity contribution in [1.82, 2.24) is 15.5 Å². The standard InChI is InChI=1S/C23H38FN5O2.HI/c1-2-25-23(27-11-6-17-31-20-9-18-30-19-20)26-10-5-12-28-13-15-29(16-14-28)22-8-4-3-7-21(22)24;/h3-4,7-8,20H,2,5-6,9-19H2,1H3,(H2,25,26,27);1H. The largest absolute Gasteiger partial charge is 0.379 e. The van der Waals surface area contributed by atoms with Crippen LogP contribution in [0.2, 0.25) is 0 Å². The third-order valence-corrected chi connectivity index (χ3v) is 5.67. The second-order valence-electron chi connectivity index (χ2n) is 8.03. The van der Waals surface area contributed by atoms with Crippen molar-refractivity contribution in [2.45, 2.75) is 32.3 Å². The molecule has 0 amide bonds. The number of para-hydroxylation sites is 1. The molecule has 32 heavy (non-hydrogen) atoms. The van der Waals surface area contributed by atoms with Gasteiger partial charge >= 0.3 is 0 Å². The number of hydrogen-bond donors (Lipinski definition) is 2. The van der Waals surface area contributed by atoms with Gasteiger partial charge in [0.05, 0.1) is 18.4 Å². The molecule has 1 aromatic rings. The molecule has 1 aromatic carbocycles. The van der Waals surface area contributed by atoms with Crippen molar-refractivity contribution in [1.29, 1.82) is 0 Å². The predicted octanol–water partition coefficient (Wildman–Crippen LogP) is 2.71. The van der Waals surface area contributed by atoms with Crippen molar-refractivity contribution in [3.05, 3.63) is 30.1 Å². The average Bonchev–Trinajstić information content (AvgIpc) is 3.31. The van der Waals surface area contributed by atoms with Crippen molar-refractivity contribution in [2.75, 3.05) is 77.1 Å². The summed E-state index contributed by atoms with van der Waals surface area (Å²) >= 11 is 0. The van der Waals surface area contributed by atoms with Crippen LogP contribution in [0.5, 0.6) is 0 Å². The third-order valence-electron chi connectivity index (χ3n) is 5.67. The number of benzene rings is 1. The van der Waals surface area contributed by atoms with Crippen LogP contribution in [0.25, 0.3) is 0 Å². The topological polar surface area (TPSA) is 61.4 Å². The first-order valence-corrected chi connectivity index (χ1v) is 11.7. The highest BCUT2D eigenvalue weighted by atomic mass is 127. The summed E-state index contributed by atoms with van der Waals surface area (Å²) in [6.45, 7) is 11.5. The minimum atomic E-state index is -0.130. The van der Waals surface area contributed by atoms with E-state index in [1.165, 1.54) is 6.07 Å². The first-order chi connectivity index (χ1) is 15.3. The summed E-state index contributed by atoms with van der Waals surface area (Å²) < 4.78 is 25.1.